The number of halogens is 2. The van der Waals surface area contributed by atoms with E-state index < -0.39 is 16.8 Å². The first-order valence-corrected chi connectivity index (χ1v) is 9.29. The van der Waals surface area contributed by atoms with E-state index in [0.717, 1.165) is 0 Å². The molecule has 146 valence electrons. The maximum atomic E-state index is 13.6. The SMILES string of the molecule is NC(=S)N1N=C(c2cccc([N+](=O)[O-])c2)CC1c1cc2cc(F)ccc2nc1Cl. The lowest BCUT2D eigenvalue weighted by Gasteiger charge is -2.22. The first-order chi connectivity index (χ1) is 13.8. The molecular weight excluding hydrogens is 417 g/mol. The van der Waals surface area contributed by atoms with Crippen molar-refractivity contribution in [1.82, 2.24) is 9.99 Å². The van der Waals surface area contributed by atoms with E-state index in [-0.39, 0.29) is 16.0 Å². The summed E-state index contributed by atoms with van der Waals surface area (Å²) >= 11 is 11.5. The second-order valence-electron chi connectivity index (χ2n) is 6.46. The van der Waals surface area contributed by atoms with Crippen LogP contribution in [0.2, 0.25) is 5.15 Å². The number of pyridine rings is 1. The van der Waals surface area contributed by atoms with Gasteiger partial charge in [-0.3, -0.25) is 10.1 Å². The Bertz CT molecular complexity index is 1200. The van der Waals surface area contributed by atoms with Crippen LogP contribution in [0.15, 0.2) is 53.6 Å². The molecule has 10 heteroatoms. The molecule has 4 rings (SSSR count). The number of nitrogens with two attached hydrogens (primary N) is 1. The Hall–Kier alpha value is -3.17. The first-order valence-electron chi connectivity index (χ1n) is 8.50. The van der Waals surface area contributed by atoms with Crippen LogP contribution in [0.5, 0.6) is 0 Å². The average Bonchev–Trinajstić information content (AvgIpc) is 3.13. The number of hydrogen-bond donors (Lipinski definition) is 1. The van der Waals surface area contributed by atoms with Gasteiger partial charge in [0.05, 0.1) is 22.2 Å². The molecule has 7 nitrogen and oxygen atoms in total. The topological polar surface area (TPSA) is 97.6 Å². The van der Waals surface area contributed by atoms with Gasteiger partial charge in [-0.2, -0.15) is 5.10 Å². The Morgan fingerprint density at radius 2 is 2.10 bits per heavy atom. The van der Waals surface area contributed by atoms with Crippen molar-refractivity contribution in [2.75, 3.05) is 0 Å². The second kappa shape index (κ2) is 7.34. The largest absolute Gasteiger partial charge is 0.375 e. The van der Waals surface area contributed by atoms with E-state index in [0.29, 0.717) is 34.2 Å². The fourth-order valence-electron chi connectivity index (χ4n) is 3.30. The Balaban J connectivity index is 1.76. The summed E-state index contributed by atoms with van der Waals surface area (Å²) in [6, 6.07) is 11.6. The van der Waals surface area contributed by atoms with Crippen LogP contribution in [0.4, 0.5) is 10.1 Å². The van der Waals surface area contributed by atoms with Gasteiger partial charge in [0.2, 0.25) is 0 Å². The fraction of sp³-hybridized carbons (Fsp3) is 0.105. The van der Waals surface area contributed by atoms with Crippen LogP contribution in [-0.2, 0) is 0 Å². The Kier molecular flexibility index (Phi) is 4.85. The molecule has 1 atom stereocenters. The third-order valence-electron chi connectivity index (χ3n) is 4.64. The second-order valence-corrected chi connectivity index (χ2v) is 7.24. The molecule has 1 aliphatic heterocycles. The van der Waals surface area contributed by atoms with Crippen molar-refractivity contribution in [2.24, 2.45) is 10.8 Å². The van der Waals surface area contributed by atoms with E-state index in [1.165, 1.54) is 29.3 Å². The number of non-ortho nitro benzene ring substituents is 1. The molecule has 1 aromatic heterocycles. The van der Waals surface area contributed by atoms with Gasteiger partial charge < -0.3 is 5.73 Å². The minimum absolute atomic E-state index is 0.0193. The lowest BCUT2D eigenvalue weighted by atomic mass is 9.98. The Morgan fingerprint density at radius 1 is 1.31 bits per heavy atom. The highest BCUT2D eigenvalue weighted by atomic mass is 35.5. The third kappa shape index (κ3) is 3.62. The van der Waals surface area contributed by atoms with Crippen molar-refractivity contribution in [3.63, 3.8) is 0 Å². The molecule has 0 saturated heterocycles. The van der Waals surface area contributed by atoms with E-state index >= 15 is 0 Å². The normalized spacial score (nSPS) is 16.1. The van der Waals surface area contributed by atoms with E-state index in [1.54, 1.807) is 24.3 Å². The molecule has 0 radical (unpaired) electrons. The quantitative estimate of drug-likeness (QED) is 0.288. The third-order valence-corrected chi connectivity index (χ3v) is 5.13. The molecule has 0 bridgehead atoms. The van der Waals surface area contributed by atoms with Gasteiger partial charge in [-0.15, -0.1) is 0 Å². The number of rotatable bonds is 3. The number of aromatic nitrogens is 1. The van der Waals surface area contributed by atoms with Crippen molar-refractivity contribution in [3.05, 3.63) is 80.7 Å². The van der Waals surface area contributed by atoms with Gasteiger partial charge in [0.15, 0.2) is 5.11 Å². The fourth-order valence-corrected chi connectivity index (χ4v) is 3.74. The van der Waals surface area contributed by atoms with Crippen LogP contribution in [0.1, 0.15) is 23.6 Å². The highest BCUT2D eigenvalue weighted by molar-refractivity contribution is 7.80. The number of benzene rings is 2. The predicted molar refractivity (Wildman–Crippen MR) is 112 cm³/mol. The molecule has 0 saturated carbocycles. The summed E-state index contributed by atoms with van der Waals surface area (Å²) in [6.07, 6.45) is 0.348. The number of nitro groups is 1. The molecular formula is C19H13ClFN5O2S. The van der Waals surface area contributed by atoms with Crippen molar-refractivity contribution in [3.8, 4) is 0 Å². The number of fused-ring (bicyclic) bond motifs is 1. The van der Waals surface area contributed by atoms with Gasteiger partial charge in [-0.25, -0.2) is 14.4 Å². The number of thiocarbonyl (C=S) groups is 1. The number of hydrogen-bond acceptors (Lipinski definition) is 5. The maximum absolute atomic E-state index is 13.6. The lowest BCUT2D eigenvalue weighted by molar-refractivity contribution is -0.384. The van der Waals surface area contributed by atoms with Crippen molar-refractivity contribution in [1.29, 1.82) is 0 Å². The van der Waals surface area contributed by atoms with Crippen LogP contribution in [0, 0.1) is 15.9 Å². The van der Waals surface area contributed by atoms with Gasteiger partial charge in [0.1, 0.15) is 11.0 Å². The smallest absolute Gasteiger partial charge is 0.270 e. The average molecular weight is 430 g/mol. The predicted octanol–water partition coefficient (Wildman–Crippen LogP) is 4.33. The van der Waals surface area contributed by atoms with Gasteiger partial charge in [-0.05, 0) is 36.5 Å². The molecule has 1 aliphatic rings. The highest BCUT2D eigenvalue weighted by Crippen LogP contribution is 2.37. The minimum atomic E-state index is -0.472. The maximum Gasteiger partial charge on any atom is 0.270 e. The van der Waals surface area contributed by atoms with Gasteiger partial charge in [0.25, 0.3) is 5.69 Å². The van der Waals surface area contributed by atoms with Crippen LogP contribution >= 0.6 is 23.8 Å². The molecule has 0 amide bonds. The zero-order chi connectivity index (χ0) is 20.7. The molecule has 2 heterocycles. The number of nitrogens with zero attached hydrogens (tertiary/aromatic N) is 4. The number of nitro benzene ring substituents is 1. The molecule has 2 N–H and O–H groups in total. The van der Waals surface area contributed by atoms with Crippen LogP contribution in [0.3, 0.4) is 0 Å². The van der Waals surface area contributed by atoms with Crippen molar-refractivity contribution < 1.29 is 9.31 Å². The molecule has 0 spiro atoms. The van der Waals surface area contributed by atoms with Gasteiger partial charge in [-0.1, -0.05) is 23.7 Å². The first kappa shape index (κ1) is 19.2. The van der Waals surface area contributed by atoms with Gasteiger partial charge >= 0.3 is 0 Å². The van der Waals surface area contributed by atoms with Gasteiger partial charge in [0, 0.05) is 35.1 Å². The summed E-state index contributed by atoms with van der Waals surface area (Å²) < 4.78 is 13.6. The summed E-state index contributed by atoms with van der Waals surface area (Å²) in [4.78, 5) is 14.9. The summed E-state index contributed by atoms with van der Waals surface area (Å²) in [6.45, 7) is 0. The Morgan fingerprint density at radius 3 is 2.83 bits per heavy atom. The minimum Gasteiger partial charge on any atom is -0.375 e. The Labute approximate surface area is 174 Å². The lowest BCUT2D eigenvalue weighted by Crippen LogP contribution is -2.31. The summed E-state index contributed by atoms with van der Waals surface area (Å²) in [5.41, 5.74) is 8.10. The summed E-state index contributed by atoms with van der Waals surface area (Å²) in [5.74, 6) is -0.390. The standard InChI is InChI=1S/C19H13ClFN5O2S/c20-18-14(8-11-6-12(21)4-5-15(11)23-18)17-9-16(24-25(17)19(22)29)10-2-1-3-13(7-10)26(27)28/h1-8,17H,9H2,(H2,22,29). The van der Waals surface area contributed by atoms with E-state index in [1.807, 2.05) is 0 Å². The molecule has 1 unspecified atom stereocenters. The van der Waals surface area contributed by atoms with E-state index in [9.17, 15) is 14.5 Å². The van der Waals surface area contributed by atoms with E-state index in [4.69, 9.17) is 29.6 Å². The molecule has 3 aromatic rings. The molecule has 2 aromatic carbocycles. The molecule has 29 heavy (non-hydrogen) atoms. The summed E-state index contributed by atoms with van der Waals surface area (Å²) in [5, 5.41) is 17.8. The monoisotopic (exact) mass is 429 g/mol. The highest BCUT2D eigenvalue weighted by Gasteiger charge is 2.33. The number of hydrazone groups is 1. The molecule has 0 fully saturated rings. The molecule has 0 aliphatic carbocycles. The van der Waals surface area contributed by atoms with E-state index in [2.05, 4.69) is 10.1 Å². The zero-order valence-corrected chi connectivity index (χ0v) is 16.3. The van der Waals surface area contributed by atoms with Crippen LogP contribution in [-0.4, -0.2) is 25.7 Å². The van der Waals surface area contributed by atoms with Crippen LogP contribution in [0.25, 0.3) is 10.9 Å². The summed E-state index contributed by atoms with van der Waals surface area (Å²) in [7, 11) is 0. The van der Waals surface area contributed by atoms with Crippen molar-refractivity contribution in [2.45, 2.75) is 12.5 Å². The zero-order valence-electron chi connectivity index (χ0n) is 14.8. The van der Waals surface area contributed by atoms with Crippen LogP contribution < -0.4 is 5.73 Å². The van der Waals surface area contributed by atoms with Crippen molar-refractivity contribution >= 4 is 51.2 Å².